The van der Waals surface area contributed by atoms with Gasteiger partial charge in [0.1, 0.15) is 0 Å². The highest BCUT2D eigenvalue weighted by atomic mass is 35.5. The van der Waals surface area contributed by atoms with Crippen LogP contribution in [0.2, 0.25) is 0 Å². The molecule has 0 amide bonds. The first kappa shape index (κ1) is 29.4. The van der Waals surface area contributed by atoms with Gasteiger partial charge < -0.3 is 0 Å². The van der Waals surface area contributed by atoms with E-state index in [1.807, 2.05) is 24.3 Å². The van der Waals surface area contributed by atoms with Crippen molar-refractivity contribution in [3.8, 4) is 0 Å². The van der Waals surface area contributed by atoms with Crippen LogP contribution >= 0.6 is 25.0 Å². The second-order valence-corrected chi connectivity index (χ2v) is 2.28. The lowest BCUT2D eigenvalue weighted by atomic mass is 10.2. The maximum Gasteiger partial charge on any atom is 0.0377 e. The maximum absolute atomic E-state index is 4.87. The zero-order valence-corrected chi connectivity index (χ0v) is 8.39. The van der Waals surface area contributed by atoms with Gasteiger partial charge >= 0.3 is 0 Å². The Morgan fingerprint density at radius 3 is 1.38 bits per heavy atom. The highest BCUT2D eigenvalue weighted by molar-refractivity contribution is 7.80. The van der Waals surface area contributed by atoms with E-state index < -0.39 is 0 Å². The Kier molecular flexibility index (Phi) is 31.7. The van der Waals surface area contributed by atoms with Crippen molar-refractivity contribution in [1.82, 2.24) is 0 Å². The van der Waals surface area contributed by atoms with Gasteiger partial charge in [0.2, 0.25) is 0 Å². The zero-order chi connectivity index (χ0) is 5.98. The lowest BCUT2D eigenvalue weighted by molar-refractivity contribution is 1.11. The largest absolute Gasteiger partial charge is 0.269 e. The van der Waals surface area contributed by atoms with Crippen LogP contribution < -0.4 is 0 Å². The average Bonchev–Trinajstić information content (AvgIpc) is 1.77. The topological polar surface area (TPSA) is 0 Å². The molecule has 0 fully saturated rings. The molecule has 0 aliphatic rings. The first-order chi connectivity index (χ1) is 3.79. The van der Waals surface area contributed by atoms with Crippen LogP contribution in [0.5, 0.6) is 0 Å². The highest BCUT2D eigenvalue weighted by Crippen LogP contribution is 2.05. The predicted octanol–water partition coefficient (Wildman–Crippen LogP) is 3.58. The number of rotatable bonds is 0. The quantitative estimate of drug-likeness (QED) is 0.607. The van der Waals surface area contributed by atoms with Gasteiger partial charge in [0.05, 0.1) is 0 Å². The summed E-state index contributed by atoms with van der Waals surface area (Å²) in [6.45, 7) is 2.05. The Balaban J connectivity index is -0.0000000427. The van der Waals surface area contributed by atoms with Gasteiger partial charge in [0, 0.05) is 4.90 Å². The molecule has 1 aromatic carbocycles. The van der Waals surface area contributed by atoms with Gasteiger partial charge in [-0.3, -0.25) is 18.8 Å². The van der Waals surface area contributed by atoms with Crippen molar-refractivity contribution >= 4 is 25.0 Å². The van der Waals surface area contributed by atoms with Crippen molar-refractivity contribution in [3.05, 3.63) is 29.8 Å². The Labute approximate surface area is 86.0 Å². The predicted molar refractivity (Wildman–Crippen MR) is 54.3 cm³/mol. The van der Waals surface area contributed by atoms with E-state index in [9.17, 15) is 0 Å². The van der Waals surface area contributed by atoms with E-state index in [0.717, 1.165) is 4.90 Å². The van der Waals surface area contributed by atoms with E-state index in [0.29, 0.717) is 0 Å². The van der Waals surface area contributed by atoms with Gasteiger partial charge in [-0.05, 0) is 19.1 Å². The van der Waals surface area contributed by atoms with Crippen LogP contribution in [0.25, 0.3) is 0 Å². The van der Waals surface area contributed by atoms with Crippen molar-refractivity contribution < 1.29 is 18.8 Å². The van der Waals surface area contributed by atoms with E-state index in [-0.39, 0.29) is 31.2 Å². The zero-order valence-electron chi connectivity index (χ0n) is 6.76. The fourth-order valence-corrected chi connectivity index (χ4v) is 0.674. The van der Waals surface area contributed by atoms with Crippen molar-refractivity contribution in [1.29, 1.82) is 0 Å². The molecule has 0 aliphatic heterocycles. The third-order valence-electron chi connectivity index (χ3n) is 1.02. The minimum absolute atomic E-state index is 0. The molecule has 0 atom stereocenters. The monoisotopic (exact) mass is 239 g/mol. The lowest BCUT2D eigenvalue weighted by Gasteiger charge is -1.88. The van der Waals surface area contributed by atoms with Crippen molar-refractivity contribution in [2.45, 2.75) is 11.8 Å². The Hall–Kier alpha value is -0.550. The van der Waals surface area contributed by atoms with Crippen molar-refractivity contribution in [3.63, 3.8) is 0 Å². The smallest absolute Gasteiger partial charge is 0.0377 e. The molecular weight excluding hydrogens is 228 g/mol. The number of hydrogen-bond donors (Lipinski definition) is 0. The van der Waals surface area contributed by atoms with E-state index in [2.05, 4.69) is 6.92 Å². The third-order valence-corrected chi connectivity index (χ3v) is 1.29. The summed E-state index contributed by atoms with van der Waals surface area (Å²) in [5.41, 5.74) is 1.26. The molecule has 0 nitrogen and oxygen atoms in total. The van der Waals surface area contributed by atoms with Crippen LogP contribution in [0.15, 0.2) is 29.2 Å². The van der Waals surface area contributed by atoms with Gasteiger partial charge in [0.15, 0.2) is 0 Å². The molecule has 81 valence electrons. The summed E-state index contributed by atoms with van der Waals surface area (Å²) in [6, 6.07) is 7.90. The molecule has 0 aromatic heterocycles. The molecule has 0 saturated carbocycles. The van der Waals surface area contributed by atoms with E-state index in [4.69, 9.17) is 12.6 Å². The number of benzene rings is 1. The molecule has 0 aliphatic carbocycles. The first-order valence-corrected chi connectivity index (χ1v) is 2.93. The molecule has 0 saturated heterocycles. The normalized spacial score (nSPS) is 5.62. The molecule has 0 bridgehead atoms. The summed E-state index contributed by atoms with van der Waals surface area (Å²) >= 11 is 4.87. The van der Waals surface area contributed by atoms with E-state index >= 15 is 0 Å². The lowest BCUT2D eigenvalue weighted by Crippen LogP contribution is -1.67. The van der Waals surface area contributed by atoms with Crippen LogP contribution in [-0.2, 0) is 0 Å². The van der Waals surface area contributed by atoms with Gasteiger partial charge in [-0.15, -0.1) is 12.4 Å². The molecule has 13 heavy (non-hydrogen) atoms. The molecule has 0 heterocycles. The highest BCUT2D eigenvalue weighted by Gasteiger charge is 1.81. The molecule has 1 radical (unpaired) electrons. The fraction of sp³-hybridized carbons (Fsp3) is 0.143. The second kappa shape index (κ2) is 14.0. The first-order valence-electron chi connectivity index (χ1n) is 2.53. The van der Waals surface area contributed by atoms with Crippen LogP contribution in [0.3, 0.4) is 0 Å². The molecule has 0 N–H and O–H groups in total. The number of aryl methyl sites for hydroxylation is 1. The van der Waals surface area contributed by atoms with Crippen molar-refractivity contribution in [2.75, 3.05) is 0 Å². The fourth-order valence-electron chi connectivity index (χ4n) is 0.538. The summed E-state index contributed by atoms with van der Waals surface area (Å²) < 4.78 is 0. The van der Waals surface area contributed by atoms with Gasteiger partial charge in [0.25, 0.3) is 0 Å². The van der Waals surface area contributed by atoms with Crippen LogP contribution in [-0.4, -0.2) is 0 Å². The maximum atomic E-state index is 4.87. The number of hydrogen-bond acceptors (Lipinski definition) is 0. The third kappa shape index (κ3) is 11.5. The molecule has 1 rings (SSSR count). The summed E-state index contributed by atoms with van der Waals surface area (Å²) in [6.07, 6.45) is 0. The molecule has 1 aromatic rings. The summed E-state index contributed by atoms with van der Waals surface area (Å²) in [4.78, 5) is 0.913. The van der Waals surface area contributed by atoms with Crippen LogP contribution in [0.4, 0.5) is 18.8 Å². The standard InChI is InChI=1S/C7H7S.ClH.4FH/c1-6-2-4-7(8)5-3-6;;;;;/h2-5H,1H3;5*1H. The minimum Gasteiger partial charge on any atom is -0.269 e. The SMILES string of the molecule is Cc1ccc([S])cc1.Cl.F.F.F.F. The summed E-state index contributed by atoms with van der Waals surface area (Å²) in [7, 11) is 0. The van der Waals surface area contributed by atoms with Gasteiger partial charge in [-0.2, -0.15) is 0 Å². The van der Waals surface area contributed by atoms with E-state index in [1.54, 1.807) is 0 Å². The van der Waals surface area contributed by atoms with Crippen LogP contribution in [0.1, 0.15) is 5.56 Å². The minimum atomic E-state index is 0. The molecule has 0 spiro atoms. The Morgan fingerprint density at radius 2 is 1.15 bits per heavy atom. The Morgan fingerprint density at radius 1 is 0.846 bits per heavy atom. The molecule has 0 unspecified atom stereocenters. The van der Waals surface area contributed by atoms with Crippen LogP contribution in [0, 0.1) is 6.92 Å². The average molecular weight is 240 g/mol. The van der Waals surface area contributed by atoms with Gasteiger partial charge in [-0.25, -0.2) is 0 Å². The van der Waals surface area contributed by atoms with E-state index in [1.165, 1.54) is 5.56 Å². The van der Waals surface area contributed by atoms with Crippen molar-refractivity contribution in [2.24, 2.45) is 0 Å². The number of halogens is 5. The molecular formula is C7H12ClF4S. The van der Waals surface area contributed by atoms with Gasteiger partial charge in [-0.1, -0.05) is 30.3 Å². The molecule has 6 heteroatoms. The second-order valence-electron chi connectivity index (χ2n) is 1.81. The Bertz CT molecular complexity index is 159. The summed E-state index contributed by atoms with van der Waals surface area (Å²) in [5.74, 6) is 0. The summed E-state index contributed by atoms with van der Waals surface area (Å²) in [5, 5.41) is 0.